The van der Waals surface area contributed by atoms with E-state index < -0.39 is 74.6 Å². The van der Waals surface area contributed by atoms with Crippen LogP contribution in [0, 0.1) is 17.8 Å². The SMILES string of the molecule is CCC(CC)COC(=O)[C@H](C)N[P@](=O)(OC[C@H]1O[C@@H](c2ccc3c(N)ncnn23)[C@H](OC(=O)C(C)C)[C@@H]1OC(=O)C(C)C)Oc1ccccc1. The molecule has 1 aliphatic rings. The number of nitrogens with zero attached hydrogens (tertiary/aromatic N) is 3. The van der Waals surface area contributed by atoms with E-state index >= 15 is 0 Å². The summed E-state index contributed by atoms with van der Waals surface area (Å²) >= 11 is 0. The summed E-state index contributed by atoms with van der Waals surface area (Å²) in [4.78, 5) is 43.0. The predicted molar refractivity (Wildman–Crippen MR) is 183 cm³/mol. The molecule has 3 heterocycles. The van der Waals surface area contributed by atoms with Gasteiger partial charge >= 0.3 is 25.7 Å². The number of carbonyl (C=O) groups excluding carboxylic acids is 3. The number of benzene rings is 1. The van der Waals surface area contributed by atoms with Gasteiger partial charge in [0.2, 0.25) is 0 Å². The molecular weight excluding hydrogens is 669 g/mol. The number of hydrogen-bond acceptors (Lipinski definition) is 13. The van der Waals surface area contributed by atoms with Crippen LogP contribution in [0.1, 0.15) is 73.1 Å². The first kappa shape index (κ1) is 38.8. The van der Waals surface area contributed by atoms with Crippen LogP contribution in [-0.2, 0) is 42.4 Å². The van der Waals surface area contributed by atoms with Gasteiger partial charge in [-0.05, 0) is 37.1 Å². The average Bonchev–Trinajstić information content (AvgIpc) is 3.66. The second kappa shape index (κ2) is 17.3. The minimum absolute atomic E-state index is 0.186. The van der Waals surface area contributed by atoms with Crippen molar-refractivity contribution in [1.82, 2.24) is 19.7 Å². The zero-order chi connectivity index (χ0) is 36.6. The van der Waals surface area contributed by atoms with E-state index in [0.717, 1.165) is 12.8 Å². The first-order valence-electron chi connectivity index (χ1n) is 16.8. The highest BCUT2D eigenvalue weighted by Gasteiger charge is 2.52. The maximum absolute atomic E-state index is 14.4. The lowest BCUT2D eigenvalue weighted by molar-refractivity contribution is -0.171. The van der Waals surface area contributed by atoms with Gasteiger partial charge in [-0.3, -0.25) is 18.9 Å². The third-order valence-corrected chi connectivity index (χ3v) is 9.90. The number of anilines is 1. The number of fused-ring (bicyclic) bond motifs is 1. The molecule has 4 rings (SSSR count). The molecule has 3 aromatic rings. The highest BCUT2D eigenvalue weighted by Crippen LogP contribution is 2.47. The van der Waals surface area contributed by atoms with E-state index in [9.17, 15) is 18.9 Å². The first-order valence-corrected chi connectivity index (χ1v) is 18.4. The molecule has 16 heteroatoms. The van der Waals surface area contributed by atoms with E-state index in [4.69, 9.17) is 33.7 Å². The van der Waals surface area contributed by atoms with Crippen LogP contribution in [-0.4, -0.2) is 70.1 Å². The van der Waals surface area contributed by atoms with Gasteiger partial charge in [0.15, 0.2) is 18.0 Å². The van der Waals surface area contributed by atoms with E-state index in [1.807, 2.05) is 13.8 Å². The van der Waals surface area contributed by atoms with Crippen LogP contribution in [0.25, 0.3) is 5.52 Å². The number of nitrogens with one attached hydrogen (secondary N) is 1. The van der Waals surface area contributed by atoms with E-state index in [1.165, 1.54) is 17.8 Å². The smallest absolute Gasteiger partial charge is 0.459 e. The highest BCUT2D eigenvalue weighted by molar-refractivity contribution is 7.52. The van der Waals surface area contributed by atoms with E-state index in [2.05, 4.69) is 15.2 Å². The van der Waals surface area contributed by atoms with Crippen molar-refractivity contribution in [2.75, 3.05) is 18.9 Å². The van der Waals surface area contributed by atoms with Gasteiger partial charge < -0.3 is 29.2 Å². The Labute approximate surface area is 292 Å². The largest absolute Gasteiger partial charge is 0.464 e. The van der Waals surface area contributed by atoms with Crippen molar-refractivity contribution in [1.29, 1.82) is 0 Å². The van der Waals surface area contributed by atoms with Crippen molar-refractivity contribution in [3.05, 3.63) is 54.5 Å². The topological polar surface area (TPSA) is 192 Å². The van der Waals surface area contributed by atoms with Crippen molar-refractivity contribution in [3.8, 4) is 5.75 Å². The van der Waals surface area contributed by atoms with Crippen molar-refractivity contribution in [2.45, 2.75) is 91.8 Å². The molecule has 0 bridgehead atoms. The van der Waals surface area contributed by atoms with Gasteiger partial charge in [0.1, 0.15) is 35.8 Å². The normalized spacial score (nSPS) is 20.9. The Morgan fingerprint density at radius 1 is 0.940 bits per heavy atom. The van der Waals surface area contributed by atoms with Crippen molar-refractivity contribution < 1.29 is 46.9 Å². The second-order valence-electron chi connectivity index (χ2n) is 12.8. The molecule has 50 heavy (non-hydrogen) atoms. The maximum atomic E-state index is 14.4. The lowest BCUT2D eigenvalue weighted by Crippen LogP contribution is -2.42. The van der Waals surface area contributed by atoms with Gasteiger partial charge in [0, 0.05) is 0 Å². The molecule has 15 nitrogen and oxygen atoms in total. The fourth-order valence-corrected chi connectivity index (χ4v) is 6.62. The molecule has 1 saturated heterocycles. The zero-order valence-electron chi connectivity index (χ0n) is 29.5. The minimum Gasteiger partial charge on any atom is -0.464 e. The molecule has 2 aromatic heterocycles. The molecule has 0 saturated carbocycles. The summed E-state index contributed by atoms with van der Waals surface area (Å²) in [5, 5.41) is 6.98. The predicted octanol–water partition coefficient (Wildman–Crippen LogP) is 5.05. The molecule has 1 aliphatic heterocycles. The molecule has 0 aliphatic carbocycles. The quantitative estimate of drug-likeness (QED) is 0.107. The van der Waals surface area contributed by atoms with E-state index in [-0.39, 0.29) is 24.1 Å². The summed E-state index contributed by atoms with van der Waals surface area (Å²) < 4.78 is 51.4. The van der Waals surface area contributed by atoms with E-state index in [0.29, 0.717) is 11.2 Å². The number of rotatable bonds is 17. The summed E-state index contributed by atoms with van der Waals surface area (Å²) in [6, 6.07) is 10.6. The van der Waals surface area contributed by atoms with Gasteiger partial charge in [-0.25, -0.2) is 14.1 Å². The lowest BCUT2D eigenvalue weighted by atomic mass is 10.0. The molecule has 1 fully saturated rings. The molecule has 1 aromatic carbocycles. The number of carbonyl (C=O) groups is 3. The molecule has 0 spiro atoms. The summed E-state index contributed by atoms with van der Waals surface area (Å²) in [5.41, 5.74) is 6.98. The Morgan fingerprint density at radius 2 is 1.58 bits per heavy atom. The van der Waals surface area contributed by atoms with Crippen LogP contribution in [0.15, 0.2) is 48.8 Å². The van der Waals surface area contributed by atoms with Gasteiger partial charge in [-0.1, -0.05) is 72.6 Å². The van der Waals surface area contributed by atoms with Gasteiger partial charge in [0.25, 0.3) is 0 Å². The fraction of sp³-hybridized carbons (Fsp3) is 0.559. The van der Waals surface area contributed by atoms with Crippen LogP contribution < -0.4 is 15.3 Å². The Kier molecular flexibility index (Phi) is 13.4. The lowest BCUT2D eigenvalue weighted by Gasteiger charge is -2.27. The minimum atomic E-state index is -4.35. The highest BCUT2D eigenvalue weighted by atomic mass is 31.2. The molecule has 0 unspecified atom stereocenters. The number of ether oxygens (including phenoxy) is 4. The number of aromatic nitrogens is 3. The summed E-state index contributed by atoms with van der Waals surface area (Å²) in [6.07, 6.45) is -1.61. The third kappa shape index (κ3) is 9.59. The Hall–Kier alpha value is -4.04. The van der Waals surface area contributed by atoms with Crippen LogP contribution >= 0.6 is 7.75 Å². The van der Waals surface area contributed by atoms with Crippen molar-refractivity contribution in [3.63, 3.8) is 0 Å². The number of nitrogen functional groups attached to an aromatic ring is 1. The van der Waals surface area contributed by atoms with Gasteiger partial charge in [-0.2, -0.15) is 10.2 Å². The maximum Gasteiger partial charge on any atom is 0.459 e. The molecule has 0 radical (unpaired) electrons. The average molecular weight is 718 g/mol. The third-order valence-electron chi connectivity index (χ3n) is 8.26. The monoisotopic (exact) mass is 717 g/mol. The number of nitrogens with two attached hydrogens (primary N) is 1. The van der Waals surface area contributed by atoms with E-state index in [1.54, 1.807) is 70.2 Å². The molecule has 0 amide bonds. The molecule has 6 atom stereocenters. The Bertz CT molecular complexity index is 1650. The summed E-state index contributed by atoms with van der Waals surface area (Å²) in [7, 11) is -4.35. The van der Waals surface area contributed by atoms with Gasteiger partial charge in [0.05, 0.1) is 30.7 Å². The first-order chi connectivity index (χ1) is 23.8. The summed E-state index contributed by atoms with van der Waals surface area (Å²) in [6.45, 7) is 11.9. The van der Waals surface area contributed by atoms with Crippen molar-refractivity contribution in [2.24, 2.45) is 17.8 Å². The molecule has 274 valence electrons. The Balaban J connectivity index is 1.67. The number of hydrogen-bond donors (Lipinski definition) is 2. The number of esters is 3. The standard InChI is InChI=1S/C34H48N5O10P/c1-8-23(9-2)17-44-34(42)22(7)38-50(43,49-24-13-11-10-12-14-24)45-18-27-29(47-32(40)20(3)4)30(48-33(41)21(5)6)28(46-27)25-15-16-26-31(35)36-19-37-39(25)26/h10-16,19-23,27-30H,8-9,17-18H2,1-7H3,(H,38,43)(H2,35,36,37)/t22-,27+,28-,29+,30-,50-/m0/s1. The zero-order valence-corrected chi connectivity index (χ0v) is 30.4. The molecule has 3 N–H and O–H groups in total. The number of para-hydroxylation sites is 1. The van der Waals surface area contributed by atoms with Gasteiger partial charge in [-0.15, -0.1) is 0 Å². The van der Waals surface area contributed by atoms with Crippen LogP contribution in [0.3, 0.4) is 0 Å². The van der Waals surface area contributed by atoms with Crippen molar-refractivity contribution >= 4 is 37.0 Å². The summed E-state index contributed by atoms with van der Waals surface area (Å²) in [5.74, 6) is -2.26. The Morgan fingerprint density at radius 3 is 2.20 bits per heavy atom. The molecular formula is C34H48N5O10P. The fourth-order valence-electron chi connectivity index (χ4n) is 5.12. The van der Waals surface area contributed by atoms with Crippen LogP contribution in [0.4, 0.5) is 5.82 Å². The van der Waals surface area contributed by atoms with Crippen LogP contribution in [0.2, 0.25) is 0 Å². The van der Waals surface area contributed by atoms with Crippen LogP contribution in [0.5, 0.6) is 5.75 Å². The second-order valence-corrected chi connectivity index (χ2v) is 14.5.